The molecule has 4 aromatic rings. The molecule has 0 bridgehead atoms. The number of nitriles is 1. The third-order valence-corrected chi connectivity index (χ3v) is 8.08. The van der Waals surface area contributed by atoms with Crippen LogP contribution in [0.3, 0.4) is 0 Å². The average molecular weight is 603 g/mol. The quantitative estimate of drug-likeness (QED) is 0.169. The molecule has 3 N–H and O–H groups in total. The normalized spacial score (nSPS) is 14.1. The van der Waals surface area contributed by atoms with E-state index in [-0.39, 0.29) is 5.91 Å². The number of amides is 1. The van der Waals surface area contributed by atoms with E-state index in [1.54, 1.807) is 18.2 Å². The smallest absolute Gasteiger partial charge is 0.242 e. The van der Waals surface area contributed by atoms with Gasteiger partial charge in [-0.3, -0.25) is 4.79 Å². The van der Waals surface area contributed by atoms with Gasteiger partial charge in [0.05, 0.1) is 11.6 Å². The van der Waals surface area contributed by atoms with E-state index in [0.29, 0.717) is 58.6 Å². The minimum atomic E-state index is -0.494. The topological polar surface area (TPSA) is 108 Å². The molecule has 0 saturated heterocycles. The fourth-order valence-corrected chi connectivity index (χ4v) is 5.75. The molecule has 42 heavy (non-hydrogen) atoms. The van der Waals surface area contributed by atoms with Gasteiger partial charge in [-0.05, 0) is 59.9 Å². The maximum Gasteiger partial charge on any atom is 0.242 e. The number of carbonyl (C=O) groups is 1. The number of nitrogens with one attached hydrogen (secondary N) is 3. The molecule has 5 rings (SSSR count). The van der Waals surface area contributed by atoms with Gasteiger partial charge in [0.1, 0.15) is 17.7 Å². The van der Waals surface area contributed by atoms with Crippen LogP contribution < -0.4 is 16.0 Å². The van der Waals surface area contributed by atoms with Gasteiger partial charge in [0.2, 0.25) is 11.9 Å². The van der Waals surface area contributed by atoms with Crippen molar-refractivity contribution in [2.24, 2.45) is 5.92 Å². The predicted molar refractivity (Wildman–Crippen MR) is 167 cm³/mol. The Balaban J connectivity index is 1.37. The average Bonchev–Trinajstić information content (AvgIpc) is 3.55. The minimum Gasteiger partial charge on any atom is -0.358 e. The summed E-state index contributed by atoms with van der Waals surface area (Å²) < 4.78 is 1.90. The first-order valence-corrected chi connectivity index (χ1v) is 15.0. The summed E-state index contributed by atoms with van der Waals surface area (Å²) in [5.41, 5.74) is 2.33. The van der Waals surface area contributed by atoms with Gasteiger partial charge in [0.15, 0.2) is 0 Å². The summed E-state index contributed by atoms with van der Waals surface area (Å²) in [4.78, 5) is 23.0. The molecule has 1 unspecified atom stereocenters. The van der Waals surface area contributed by atoms with E-state index < -0.39 is 6.04 Å². The van der Waals surface area contributed by atoms with Gasteiger partial charge in [0, 0.05) is 41.6 Å². The van der Waals surface area contributed by atoms with Gasteiger partial charge in [0.25, 0.3) is 0 Å². The zero-order valence-electron chi connectivity index (χ0n) is 23.2. The van der Waals surface area contributed by atoms with Crippen molar-refractivity contribution in [2.45, 2.75) is 57.7 Å². The molecular formula is C32H33Cl2N7O. The molecular weight excluding hydrogens is 569 g/mol. The lowest BCUT2D eigenvalue weighted by atomic mass is 9.84. The largest absolute Gasteiger partial charge is 0.358 e. The molecule has 0 spiro atoms. The van der Waals surface area contributed by atoms with Crippen LogP contribution in [0, 0.1) is 17.2 Å². The molecule has 10 heteroatoms. The van der Waals surface area contributed by atoms with Gasteiger partial charge in [-0.15, -0.1) is 0 Å². The number of hydrogen-bond acceptors (Lipinski definition) is 6. The van der Waals surface area contributed by atoms with E-state index in [4.69, 9.17) is 33.2 Å². The molecule has 2 aromatic heterocycles. The number of halogens is 2. The van der Waals surface area contributed by atoms with Crippen LogP contribution in [0.2, 0.25) is 10.0 Å². The lowest BCUT2D eigenvalue weighted by Gasteiger charge is -2.27. The first-order chi connectivity index (χ1) is 20.5. The maximum atomic E-state index is 13.6. The van der Waals surface area contributed by atoms with Gasteiger partial charge in [-0.2, -0.15) is 15.2 Å². The van der Waals surface area contributed by atoms with Gasteiger partial charge in [-0.1, -0.05) is 73.5 Å². The Bertz CT molecular complexity index is 1540. The summed E-state index contributed by atoms with van der Waals surface area (Å²) in [5, 5.41) is 20.1. The van der Waals surface area contributed by atoms with E-state index in [2.05, 4.69) is 22.0 Å². The SMILES string of the molecule is N#Cc1cccc(CNc2nc(NC(CC3CCCCC3)C(=O)NCc3ccc(Cl)cc3Cl)cc(-n3cccc3)n2)c1. The Morgan fingerprint density at radius 3 is 2.57 bits per heavy atom. The maximum absolute atomic E-state index is 13.6. The highest BCUT2D eigenvalue weighted by Crippen LogP contribution is 2.29. The number of aromatic nitrogens is 3. The molecule has 2 aromatic carbocycles. The number of carbonyl (C=O) groups excluding carboxylic acids is 1. The van der Waals surface area contributed by atoms with Gasteiger partial charge < -0.3 is 20.5 Å². The van der Waals surface area contributed by atoms with Crippen molar-refractivity contribution in [3.63, 3.8) is 0 Å². The number of hydrogen-bond donors (Lipinski definition) is 3. The molecule has 0 aliphatic heterocycles. The van der Waals surface area contributed by atoms with E-state index in [1.165, 1.54) is 19.3 Å². The summed E-state index contributed by atoms with van der Waals surface area (Å²) in [6, 6.07) is 20.0. The molecule has 0 radical (unpaired) electrons. The Morgan fingerprint density at radius 2 is 1.81 bits per heavy atom. The molecule has 1 saturated carbocycles. The molecule has 1 fully saturated rings. The van der Waals surface area contributed by atoms with Crippen LogP contribution in [-0.2, 0) is 17.9 Å². The number of anilines is 2. The van der Waals surface area contributed by atoms with E-state index in [9.17, 15) is 10.1 Å². The van der Waals surface area contributed by atoms with Crippen LogP contribution in [0.4, 0.5) is 11.8 Å². The van der Waals surface area contributed by atoms with Crippen LogP contribution in [0.15, 0.2) is 73.1 Å². The second-order valence-electron chi connectivity index (χ2n) is 10.6. The van der Waals surface area contributed by atoms with E-state index in [1.807, 2.05) is 59.4 Å². The van der Waals surface area contributed by atoms with Crippen molar-refractivity contribution in [1.29, 1.82) is 5.26 Å². The number of nitrogens with zero attached hydrogens (tertiary/aromatic N) is 4. The number of rotatable bonds is 11. The fraction of sp³-hybridized carbons (Fsp3) is 0.312. The highest BCUT2D eigenvalue weighted by molar-refractivity contribution is 6.35. The summed E-state index contributed by atoms with van der Waals surface area (Å²) in [7, 11) is 0. The zero-order valence-corrected chi connectivity index (χ0v) is 24.7. The van der Waals surface area contributed by atoms with Crippen molar-refractivity contribution >= 4 is 40.9 Å². The minimum absolute atomic E-state index is 0.115. The van der Waals surface area contributed by atoms with Crippen LogP contribution in [0.25, 0.3) is 5.82 Å². The third-order valence-electron chi connectivity index (χ3n) is 7.49. The zero-order chi connectivity index (χ0) is 29.3. The fourth-order valence-electron chi connectivity index (χ4n) is 5.28. The molecule has 1 amide bonds. The first kappa shape index (κ1) is 29.4. The first-order valence-electron chi connectivity index (χ1n) is 14.2. The Kier molecular flexibility index (Phi) is 9.96. The Morgan fingerprint density at radius 1 is 1.00 bits per heavy atom. The molecule has 2 heterocycles. The molecule has 1 aliphatic rings. The second-order valence-corrected chi connectivity index (χ2v) is 11.4. The predicted octanol–water partition coefficient (Wildman–Crippen LogP) is 7.13. The van der Waals surface area contributed by atoms with Crippen LogP contribution in [0.5, 0.6) is 0 Å². The standard InChI is InChI=1S/C32H33Cl2N7O/c33-26-12-11-25(27(34)17-26)21-36-31(42)28(16-22-7-2-1-3-8-22)38-29-18-30(41-13-4-5-14-41)40-32(39-29)37-20-24-10-6-9-23(15-24)19-35/h4-6,9-15,17-18,22,28H,1-3,7-8,16,20-21H2,(H,36,42)(H2,37,38,39,40). The van der Waals surface area contributed by atoms with Gasteiger partial charge >= 0.3 is 0 Å². The van der Waals surface area contributed by atoms with Crippen molar-refractivity contribution in [2.75, 3.05) is 10.6 Å². The lowest BCUT2D eigenvalue weighted by Crippen LogP contribution is -2.41. The van der Waals surface area contributed by atoms with Crippen LogP contribution in [-0.4, -0.2) is 26.5 Å². The Hall–Kier alpha value is -4.06. The van der Waals surface area contributed by atoms with E-state index in [0.717, 1.165) is 24.0 Å². The van der Waals surface area contributed by atoms with E-state index >= 15 is 0 Å². The van der Waals surface area contributed by atoms with Crippen LogP contribution >= 0.6 is 23.2 Å². The van der Waals surface area contributed by atoms with Crippen molar-refractivity contribution in [3.05, 3.63) is 99.8 Å². The second kappa shape index (κ2) is 14.2. The van der Waals surface area contributed by atoms with Crippen LogP contribution in [0.1, 0.15) is 55.2 Å². The summed E-state index contributed by atoms with van der Waals surface area (Å²) in [6.45, 7) is 0.739. The Labute approximate surface area is 256 Å². The summed E-state index contributed by atoms with van der Waals surface area (Å²) in [5.74, 6) is 1.96. The molecule has 1 atom stereocenters. The highest BCUT2D eigenvalue weighted by atomic mass is 35.5. The number of benzene rings is 2. The third kappa shape index (κ3) is 8.03. The van der Waals surface area contributed by atoms with Crippen molar-refractivity contribution < 1.29 is 4.79 Å². The molecule has 216 valence electrons. The summed E-state index contributed by atoms with van der Waals surface area (Å²) in [6.07, 6.45) is 10.4. The van der Waals surface area contributed by atoms with Gasteiger partial charge in [-0.25, -0.2) is 0 Å². The van der Waals surface area contributed by atoms with Crippen molar-refractivity contribution in [3.8, 4) is 11.9 Å². The monoisotopic (exact) mass is 601 g/mol. The molecule has 1 aliphatic carbocycles. The highest BCUT2D eigenvalue weighted by Gasteiger charge is 2.25. The van der Waals surface area contributed by atoms with Crippen molar-refractivity contribution in [1.82, 2.24) is 19.9 Å². The summed E-state index contributed by atoms with van der Waals surface area (Å²) >= 11 is 12.4. The molecule has 8 nitrogen and oxygen atoms in total. The lowest BCUT2D eigenvalue weighted by molar-refractivity contribution is -0.122.